The Kier molecular flexibility index (Phi) is 8.11. The molecule has 1 atom stereocenters. The number of unbranched alkanes of at least 4 members (excludes halogenated alkanes) is 1. The summed E-state index contributed by atoms with van der Waals surface area (Å²) < 4.78 is 30.2. The maximum atomic E-state index is 11.5. The van der Waals surface area contributed by atoms with Crippen LogP contribution in [0.3, 0.4) is 0 Å². The molecule has 0 amide bonds. The molecule has 102 valence electrons. The summed E-state index contributed by atoms with van der Waals surface area (Å²) in [5.74, 6) is -1.35. The van der Waals surface area contributed by atoms with Crippen molar-refractivity contribution in [3.63, 3.8) is 0 Å². The van der Waals surface area contributed by atoms with Crippen LogP contribution in [0.1, 0.15) is 33.1 Å². The minimum atomic E-state index is -3.58. The van der Waals surface area contributed by atoms with E-state index in [1.54, 1.807) is 6.92 Å². The molecule has 0 saturated heterocycles. The molecule has 0 aliphatic carbocycles. The van der Waals surface area contributed by atoms with E-state index in [0.29, 0.717) is 19.4 Å². The van der Waals surface area contributed by atoms with Gasteiger partial charge in [0.05, 0.1) is 12.4 Å². The predicted octanol–water partition coefficient (Wildman–Crippen LogP) is 0.586. The number of hydrogen-bond donors (Lipinski definition) is 2. The molecule has 1 unspecified atom stereocenters. The summed E-state index contributed by atoms with van der Waals surface area (Å²) >= 11 is 0. The Morgan fingerprint density at radius 1 is 1.41 bits per heavy atom. The first-order chi connectivity index (χ1) is 7.93. The van der Waals surface area contributed by atoms with Crippen LogP contribution in [0.25, 0.3) is 0 Å². The lowest BCUT2D eigenvalue weighted by atomic mass is 10.1. The van der Waals surface area contributed by atoms with Gasteiger partial charge in [0.25, 0.3) is 0 Å². The molecule has 2 N–H and O–H groups in total. The number of hydrogen-bond acceptors (Lipinski definition) is 4. The van der Waals surface area contributed by atoms with Gasteiger partial charge >= 0.3 is 5.97 Å². The lowest BCUT2D eigenvalue weighted by molar-refractivity contribution is -0.139. The van der Waals surface area contributed by atoms with Gasteiger partial charge in [-0.3, -0.25) is 4.79 Å². The highest BCUT2D eigenvalue weighted by Gasteiger charge is 2.23. The van der Waals surface area contributed by atoms with Crippen molar-refractivity contribution < 1.29 is 23.1 Å². The number of ether oxygens (including phenoxy) is 1. The van der Waals surface area contributed by atoms with E-state index < -0.39 is 22.0 Å². The molecule has 17 heavy (non-hydrogen) atoms. The van der Waals surface area contributed by atoms with Crippen molar-refractivity contribution in [3.8, 4) is 0 Å². The number of rotatable bonds is 10. The van der Waals surface area contributed by atoms with Crippen LogP contribution in [0.15, 0.2) is 0 Å². The molecule has 0 rings (SSSR count). The Morgan fingerprint density at radius 3 is 2.53 bits per heavy atom. The van der Waals surface area contributed by atoms with E-state index in [9.17, 15) is 13.2 Å². The van der Waals surface area contributed by atoms with E-state index in [1.807, 2.05) is 6.92 Å². The number of aliphatic carboxylic acids is 1. The van der Waals surface area contributed by atoms with E-state index in [2.05, 4.69) is 4.72 Å². The van der Waals surface area contributed by atoms with Crippen LogP contribution in [0, 0.1) is 0 Å². The second-order valence-corrected chi connectivity index (χ2v) is 5.54. The molecule has 7 heteroatoms. The van der Waals surface area contributed by atoms with Crippen LogP contribution < -0.4 is 4.72 Å². The molecule has 0 spiro atoms. The van der Waals surface area contributed by atoms with Gasteiger partial charge in [0.15, 0.2) is 0 Å². The Hall–Kier alpha value is -0.660. The van der Waals surface area contributed by atoms with Crippen LogP contribution in [0.2, 0.25) is 0 Å². The Bertz CT molecular complexity index is 315. The van der Waals surface area contributed by atoms with Gasteiger partial charge in [0.2, 0.25) is 10.0 Å². The third-order valence-corrected chi connectivity index (χ3v) is 3.51. The quantitative estimate of drug-likeness (QED) is 0.565. The molecule has 6 nitrogen and oxygen atoms in total. The highest BCUT2D eigenvalue weighted by atomic mass is 32.2. The average Bonchev–Trinajstić information content (AvgIpc) is 2.24. The zero-order chi connectivity index (χ0) is 13.3. The molecule has 0 aromatic heterocycles. The number of carboxylic acids is 1. The highest BCUT2D eigenvalue weighted by Crippen LogP contribution is 2.03. The maximum absolute atomic E-state index is 11.5. The van der Waals surface area contributed by atoms with E-state index in [4.69, 9.17) is 9.84 Å². The molecule has 0 aromatic rings. The summed E-state index contributed by atoms with van der Waals surface area (Å²) in [5, 5.41) is 8.88. The van der Waals surface area contributed by atoms with Crippen molar-refractivity contribution in [2.45, 2.75) is 39.2 Å². The van der Waals surface area contributed by atoms with Gasteiger partial charge in [-0.2, -0.15) is 0 Å². The third kappa shape index (κ3) is 8.12. The van der Waals surface area contributed by atoms with Crippen LogP contribution in [0.5, 0.6) is 0 Å². The first-order valence-electron chi connectivity index (χ1n) is 5.73. The minimum Gasteiger partial charge on any atom is -0.480 e. The van der Waals surface area contributed by atoms with Crippen LogP contribution in [-0.4, -0.2) is 44.5 Å². The zero-order valence-corrected chi connectivity index (χ0v) is 11.1. The summed E-state index contributed by atoms with van der Waals surface area (Å²) in [5.41, 5.74) is 0. The van der Waals surface area contributed by atoms with E-state index in [-0.39, 0.29) is 12.4 Å². The predicted molar refractivity (Wildman–Crippen MR) is 64.4 cm³/mol. The lowest BCUT2D eigenvalue weighted by Crippen LogP contribution is -2.42. The van der Waals surface area contributed by atoms with Crippen molar-refractivity contribution in [1.82, 2.24) is 4.72 Å². The van der Waals surface area contributed by atoms with Crippen molar-refractivity contribution in [3.05, 3.63) is 0 Å². The molecule has 0 aliphatic rings. The molecular formula is C10H21NO5S. The molecule has 0 heterocycles. The van der Waals surface area contributed by atoms with E-state index >= 15 is 0 Å². The number of sulfonamides is 1. The smallest absolute Gasteiger partial charge is 0.321 e. The summed E-state index contributed by atoms with van der Waals surface area (Å²) in [6.07, 6.45) is 1.80. The maximum Gasteiger partial charge on any atom is 0.321 e. The topological polar surface area (TPSA) is 92.7 Å². The fourth-order valence-electron chi connectivity index (χ4n) is 1.23. The summed E-state index contributed by atoms with van der Waals surface area (Å²) in [4.78, 5) is 10.9. The van der Waals surface area contributed by atoms with Gasteiger partial charge in [-0.05, 0) is 13.3 Å². The Morgan fingerprint density at radius 2 is 2.06 bits per heavy atom. The lowest BCUT2D eigenvalue weighted by Gasteiger charge is -2.14. The SMILES string of the molecule is CCCCC(NS(=O)(=O)CCOCC)C(=O)O. The van der Waals surface area contributed by atoms with Crippen molar-refractivity contribution >= 4 is 16.0 Å². The molecular weight excluding hydrogens is 246 g/mol. The second-order valence-electron chi connectivity index (χ2n) is 3.67. The second kappa shape index (κ2) is 8.43. The van der Waals surface area contributed by atoms with Crippen LogP contribution in [0.4, 0.5) is 0 Å². The van der Waals surface area contributed by atoms with Crippen LogP contribution >= 0.6 is 0 Å². The van der Waals surface area contributed by atoms with E-state index in [1.165, 1.54) is 0 Å². The van der Waals surface area contributed by atoms with Crippen molar-refractivity contribution in [2.24, 2.45) is 0 Å². The van der Waals surface area contributed by atoms with Crippen molar-refractivity contribution in [2.75, 3.05) is 19.0 Å². The fraction of sp³-hybridized carbons (Fsp3) is 0.900. The highest BCUT2D eigenvalue weighted by molar-refractivity contribution is 7.89. The first kappa shape index (κ1) is 16.3. The summed E-state index contributed by atoms with van der Waals surface area (Å²) in [6, 6.07) is -1.04. The first-order valence-corrected chi connectivity index (χ1v) is 7.38. The third-order valence-electron chi connectivity index (χ3n) is 2.17. The van der Waals surface area contributed by atoms with Crippen LogP contribution in [-0.2, 0) is 19.6 Å². The molecule has 0 aromatic carbocycles. The largest absolute Gasteiger partial charge is 0.480 e. The van der Waals surface area contributed by atoms with Crippen molar-refractivity contribution in [1.29, 1.82) is 0 Å². The standard InChI is InChI=1S/C10H21NO5S/c1-3-5-6-9(10(12)13)11-17(14,15)8-7-16-4-2/h9,11H,3-8H2,1-2H3,(H,12,13). The molecule has 0 bridgehead atoms. The average molecular weight is 267 g/mol. The molecule has 0 fully saturated rings. The summed E-state index contributed by atoms with van der Waals surface area (Å²) in [6.45, 7) is 4.20. The van der Waals surface area contributed by atoms with Gasteiger partial charge in [-0.25, -0.2) is 13.1 Å². The molecule has 0 saturated carbocycles. The van der Waals surface area contributed by atoms with Gasteiger partial charge in [0, 0.05) is 6.61 Å². The Balaban J connectivity index is 4.27. The minimum absolute atomic E-state index is 0.0753. The Labute approximate surface area is 102 Å². The number of carboxylic acid groups (broad SMARTS) is 1. The number of carbonyl (C=O) groups is 1. The van der Waals surface area contributed by atoms with E-state index in [0.717, 1.165) is 6.42 Å². The number of nitrogens with one attached hydrogen (secondary N) is 1. The van der Waals surface area contributed by atoms with Gasteiger partial charge in [-0.15, -0.1) is 0 Å². The summed E-state index contributed by atoms with van der Waals surface area (Å²) in [7, 11) is -3.58. The fourth-order valence-corrected chi connectivity index (χ4v) is 2.34. The van der Waals surface area contributed by atoms with Gasteiger partial charge < -0.3 is 9.84 Å². The normalized spacial score (nSPS) is 13.5. The molecule has 0 radical (unpaired) electrons. The van der Waals surface area contributed by atoms with Gasteiger partial charge in [-0.1, -0.05) is 19.8 Å². The zero-order valence-electron chi connectivity index (χ0n) is 10.3. The monoisotopic (exact) mass is 267 g/mol. The van der Waals surface area contributed by atoms with Gasteiger partial charge in [0.1, 0.15) is 6.04 Å². The molecule has 0 aliphatic heterocycles.